The third-order valence-corrected chi connectivity index (χ3v) is 3.86. The molecule has 1 aliphatic rings. The maximum Gasteiger partial charge on any atom is 0.260 e. The Kier molecular flexibility index (Phi) is 2.79. The van der Waals surface area contributed by atoms with Crippen LogP contribution in [0.15, 0.2) is 28.3 Å². The third kappa shape index (κ3) is 2.00. The van der Waals surface area contributed by atoms with Gasteiger partial charge < -0.3 is 10.0 Å². The first-order valence-electron chi connectivity index (χ1n) is 5.72. The molecule has 0 bridgehead atoms. The van der Waals surface area contributed by atoms with Gasteiger partial charge in [0.2, 0.25) is 5.16 Å². The van der Waals surface area contributed by atoms with Crippen LogP contribution in [0.5, 0.6) is 0 Å². The summed E-state index contributed by atoms with van der Waals surface area (Å²) in [6, 6.07) is 5.48. The number of nitrogens with one attached hydrogen (secondary N) is 1. The number of fused-ring (bicyclic) bond motifs is 1. The Balaban J connectivity index is 1.92. The predicted octanol–water partition coefficient (Wildman–Crippen LogP) is 1.27. The minimum Gasteiger partial charge on any atom is -0.378 e. The second-order valence-electron chi connectivity index (χ2n) is 4.33. The number of likely N-dealkylation sites (N-methyl/N-ethyl adjacent to an activating group) is 1. The standard InChI is InChI=1S/C12H12N4O2S/c1-6-13-12(15-14-6)19-7-3-4-8-9(5-7)16(2)11(18)10(8)17/h3-5,10,17H,1-2H3,(H,13,14,15). The van der Waals surface area contributed by atoms with E-state index >= 15 is 0 Å². The first-order valence-corrected chi connectivity index (χ1v) is 6.54. The molecule has 2 aromatic rings. The summed E-state index contributed by atoms with van der Waals surface area (Å²) < 4.78 is 0. The van der Waals surface area contributed by atoms with E-state index in [1.807, 2.05) is 19.1 Å². The van der Waals surface area contributed by atoms with Crippen LogP contribution in [-0.4, -0.2) is 33.2 Å². The van der Waals surface area contributed by atoms with Crippen molar-refractivity contribution < 1.29 is 9.90 Å². The van der Waals surface area contributed by atoms with Gasteiger partial charge in [0.15, 0.2) is 6.10 Å². The molecule has 0 saturated carbocycles. The number of aromatic amines is 1. The van der Waals surface area contributed by atoms with Crippen LogP contribution in [0.25, 0.3) is 0 Å². The fraction of sp³-hybridized carbons (Fsp3) is 0.250. The van der Waals surface area contributed by atoms with Gasteiger partial charge in [-0.15, -0.1) is 5.10 Å². The Morgan fingerprint density at radius 2 is 2.26 bits per heavy atom. The molecular weight excluding hydrogens is 264 g/mol. The van der Waals surface area contributed by atoms with Crippen molar-refractivity contribution in [2.24, 2.45) is 0 Å². The minimum absolute atomic E-state index is 0.300. The van der Waals surface area contributed by atoms with Gasteiger partial charge in [-0.2, -0.15) is 0 Å². The van der Waals surface area contributed by atoms with Gasteiger partial charge in [-0.05, 0) is 30.8 Å². The van der Waals surface area contributed by atoms with Crippen LogP contribution in [-0.2, 0) is 4.79 Å². The van der Waals surface area contributed by atoms with Gasteiger partial charge in [-0.3, -0.25) is 9.89 Å². The van der Waals surface area contributed by atoms with E-state index in [0.717, 1.165) is 16.4 Å². The van der Waals surface area contributed by atoms with Gasteiger partial charge >= 0.3 is 0 Å². The second-order valence-corrected chi connectivity index (χ2v) is 5.37. The van der Waals surface area contributed by atoms with Crippen LogP contribution < -0.4 is 4.90 Å². The molecule has 0 fully saturated rings. The van der Waals surface area contributed by atoms with Crippen molar-refractivity contribution in [2.75, 3.05) is 11.9 Å². The number of hydrogen-bond donors (Lipinski definition) is 2. The molecule has 1 aliphatic heterocycles. The molecule has 7 heteroatoms. The van der Waals surface area contributed by atoms with Crippen LogP contribution in [0.3, 0.4) is 0 Å². The summed E-state index contributed by atoms with van der Waals surface area (Å²) >= 11 is 1.41. The quantitative estimate of drug-likeness (QED) is 0.863. The Morgan fingerprint density at radius 3 is 2.95 bits per heavy atom. The smallest absolute Gasteiger partial charge is 0.260 e. The fourth-order valence-electron chi connectivity index (χ4n) is 2.02. The highest BCUT2D eigenvalue weighted by atomic mass is 32.2. The normalized spacial score (nSPS) is 17.9. The number of anilines is 1. The lowest BCUT2D eigenvalue weighted by Crippen LogP contribution is -2.23. The molecule has 1 aromatic heterocycles. The SMILES string of the molecule is Cc1nc(Sc2ccc3c(c2)N(C)C(=O)C3O)n[nH]1. The predicted molar refractivity (Wildman–Crippen MR) is 70.1 cm³/mol. The molecule has 98 valence electrons. The Bertz CT molecular complexity index is 655. The summed E-state index contributed by atoms with van der Waals surface area (Å²) in [6.07, 6.45) is -1.05. The average Bonchev–Trinajstić information content (AvgIpc) is 2.89. The highest BCUT2D eigenvalue weighted by molar-refractivity contribution is 7.99. The number of aliphatic hydroxyl groups is 1. The lowest BCUT2D eigenvalue weighted by molar-refractivity contribution is -0.125. The Morgan fingerprint density at radius 1 is 1.47 bits per heavy atom. The monoisotopic (exact) mass is 276 g/mol. The highest BCUT2D eigenvalue weighted by Crippen LogP contribution is 2.38. The zero-order valence-electron chi connectivity index (χ0n) is 10.4. The van der Waals surface area contributed by atoms with Crippen molar-refractivity contribution in [3.05, 3.63) is 29.6 Å². The number of amides is 1. The van der Waals surface area contributed by atoms with Gasteiger partial charge in [0.05, 0.1) is 5.69 Å². The van der Waals surface area contributed by atoms with Crippen LogP contribution in [0.4, 0.5) is 5.69 Å². The number of benzene rings is 1. The summed E-state index contributed by atoms with van der Waals surface area (Å²) in [5.74, 6) is 0.456. The van der Waals surface area contributed by atoms with E-state index in [9.17, 15) is 9.90 Å². The zero-order valence-corrected chi connectivity index (χ0v) is 11.2. The first kappa shape index (κ1) is 12.2. The Hall–Kier alpha value is -1.86. The molecule has 1 unspecified atom stereocenters. The molecule has 0 spiro atoms. The number of aliphatic hydroxyl groups excluding tert-OH is 1. The molecule has 0 saturated heterocycles. The maximum atomic E-state index is 11.7. The summed E-state index contributed by atoms with van der Waals surface area (Å²) in [4.78, 5) is 18.3. The first-order chi connectivity index (χ1) is 9.06. The molecule has 19 heavy (non-hydrogen) atoms. The van der Waals surface area contributed by atoms with Crippen LogP contribution >= 0.6 is 11.8 Å². The number of H-pyrrole nitrogens is 1. The van der Waals surface area contributed by atoms with Crippen LogP contribution in [0, 0.1) is 6.92 Å². The molecular formula is C12H12N4O2S. The summed E-state index contributed by atoms with van der Waals surface area (Å²) in [7, 11) is 1.66. The number of nitrogens with zero attached hydrogens (tertiary/aromatic N) is 3. The lowest BCUT2D eigenvalue weighted by Gasteiger charge is -2.10. The number of carbonyl (C=O) groups excluding carboxylic acids is 1. The van der Waals surface area contributed by atoms with Crippen molar-refractivity contribution >= 4 is 23.4 Å². The van der Waals surface area contributed by atoms with Crippen LogP contribution in [0.2, 0.25) is 0 Å². The average molecular weight is 276 g/mol. The van der Waals surface area contributed by atoms with Crippen molar-refractivity contribution in [2.45, 2.75) is 23.1 Å². The largest absolute Gasteiger partial charge is 0.378 e. The molecule has 1 aromatic carbocycles. The Labute approximate surface area is 113 Å². The van der Waals surface area contributed by atoms with E-state index in [0.29, 0.717) is 10.7 Å². The van der Waals surface area contributed by atoms with Crippen molar-refractivity contribution in [3.8, 4) is 0 Å². The number of aryl methyl sites for hydroxylation is 1. The molecule has 3 rings (SSSR count). The van der Waals surface area contributed by atoms with E-state index in [1.165, 1.54) is 16.7 Å². The fourth-order valence-corrected chi connectivity index (χ4v) is 2.81. The molecule has 1 amide bonds. The molecule has 0 radical (unpaired) electrons. The lowest BCUT2D eigenvalue weighted by atomic mass is 10.1. The number of rotatable bonds is 2. The molecule has 2 N–H and O–H groups in total. The van der Waals surface area contributed by atoms with Gasteiger partial charge in [0, 0.05) is 17.5 Å². The number of hydrogen-bond acceptors (Lipinski definition) is 5. The maximum absolute atomic E-state index is 11.7. The van der Waals surface area contributed by atoms with E-state index in [2.05, 4.69) is 15.2 Å². The molecule has 6 nitrogen and oxygen atoms in total. The molecule has 2 heterocycles. The molecule has 1 atom stereocenters. The van der Waals surface area contributed by atoms with Gasteiger partial charge in [-0.1, -0.05) is 6.07 Å². The van der Waals surface area contributed by atoms with E-state index in [1.54, 1.807) is 13.1 Å². The summed E-state index contributed by atoms with van der Waals surface area (Å²) in [5, 5.41) is 17.2. The zero-order chi connectivity index (χ0) is 13.6. The second kappa shape index (κ2) is 4.36. The van der Waals surface area contributed by atoms with Crippen molar-refractivity contribution in [1.82, 2.24) is 15.2 Å². The minimum atomic E-state index is -1.05. The van der Waals surface area contributed by atoms with Crippen LogP contribution in [0.1, 0.15) is 17.5 Å². The highest BCUT2D eigenvalue weighted by Gasteiger charge is 2.33. The van der Waals surface area contributed by atoms with Crippen molar-refractivity contribution in [3.63, 3.8) is 0 Å². The third-order valence-electron chi connectivity index (χ3n) is 3.01. The number of aromatic nitrogens is 3. The van der Waals surface area contributed by atoms with Crippen molar-refractivity contribution in [1.29, 1.82) is 0 Å². The topological polar surface area (TPSA) is 82.1 Å². The van der Waals surface area contributed by atoms with E-state index < -0.39 is 6.10 Å². The summed E-state index contributed by atoms with van der Waals surface area (Å²) in [6.45, 7) is 1.84. The summed E-state index contributed by atoms with van der Waals surface area (Å²) in [5.41, 5.74) is 1.37. The van der Waals surface area contributed by atoms with E-state index in [4.69, 9.17) is 0 Å². The van der Waals surface area contributed by atoms with Gasteiger partial charge in [-0.25, -0.2) is 4.98 Å². The van der Waals surface area contributed by atoms with Gasteiger partial charge in [0.25, 0.3) is 5.91 Å². The van der Waals surface area contributed by atoms with E-state index in [-0.39, 0.29) is 5.91 Å². The van der Waals surface area contributed by atoms with Gasteiger partial charge in [0.1, 0.15) is 5.82 Å². The number of carbonyl (C=O) groups is 1. The molecule has 0 aliphatic carbocycles.